The summed E-state index contributed by atoms with van der Waals surface area (Å²) in [4.78, 5) is 25.2. The second kappa shape index (κ2) is 10.4. The quantitative estimate of drug-likeness (QED) is 0.393. The van der Waals surface area contributed by atoms with Crippen LogP contribution in [0.15, 0.2) is 30.5 Å². The van der Waals surface area contributed by atoms with Gasteiger partial charge in [0.1, 0.15) is 0 Å². The van der Waals surface area contributed by atoms with Crippen LogP contribution < -0.4 is 20.1 Å². The number of pyridine rings is 3. The number of carbonyl (C=O) groups excluding carboxylic acids is 1. The van der Waals surface area contributed by atoms with Gasteiger partial charge < -0.3 is 25.2 Å². The maximum absolute atomic E-state index is 11.6. The van der Waals surface area contributed by atoms with Crippen LogP contribution in [0.3, 0.4) is 0 Å². The van der Waals surface area contributed by atoms with E-state index in [4.69, 9.17) is 21.1 Å². The molecular weight excluding hydrogens is 529 g/mol. The Bertz CT molecular complexity index is 1350. The second-order valence-electron chi connectivity index (χ2n) is 10.5. The number of carbonyl (C=O) groups is 1. The van der Waals surface area contributed by atoms with Crippen LogP contribution in [-0.2, 0) is 17.8 Å². The number of hydrogen-bond acceptors (Lipinski definition) is 8. The Hall–Kier alpha value is -2.72. The summed E-state index contributed by atoms with van der Waals surface area (Å²) in [5, 5.41) is 18.6. The summed E-state index contributed by atoms with van der Waals surface area (Å²) in [5.41, 5.74) is 3.01. The van der Waals surface area contributed by atoms with Gasteiger partial charge in [0, 0.05) is 36.3 Å². The van der Waals surface area contributed by atoms with Gasteiger partial charge in [-0.1, -0.05) is 11.6 Å². The van der Waals surface area contributed by atoms with Crippen LogP contribution in [0.4, 0.5) is 5.82 Å². The van der Waals surface area contributed by atoms with Gasteiger partial charge in [0.25, 0.3) is 5.91 Å². The second-order valence-corrected chi connectivity index (χ2v) is 10.9. The minimum Gasteiger partial charge on any atom is -0.481 e. The summed E-state index contributed by atoms with van der Waals surface area (Å²) in [7, 11) is 1.58. The van der Waals surface area contributed by atoms with E-state index in [1.165, 1.54) is 0 Å². The van der Waals surface area contributed by atoms with Gasteiger partial charge in [0.15, 0.2) is 18.2 Å². The largest absolute Gasteiger partial charge is 0.481 e. The summed E-state index contributed by atoms with van der Waals surface area (Å²) in [5.74, 6) is 1.40. The average molecular weight is 560 g/mol. The van der Waals surface area contributed by atoms with E-state index in [0.717, 1.165) is 55.3 Å². The number of aromatic nitrogens is 3. The molecule has 1 aliphatic heterocycles. The summed E-state index contributed by atoms with van der Waals surface area (Å²) in [6.07, 6.45) is 7.36. The molecule has 4 aliphatic rings. The van der Waals surface area contributed by atoms with Crippen LogP contribution in [0, 0.1) is 5.41 Å². The maximum Gasteiger partial charge on any atom is 0.263 e. The van der Waals surface area contributed by atoms with E-state index in [2.05, 4.69) is 25.6 Å². The Labute approximate surface area is 232 Å². The smallest absolute Gasteiger partial charge is 0.263 e. The molecule has 3 N–H and O–H groups in total. The summed E-state index contributed by atoms with van der Waals surface area (Å²) in [6.45, 7) is 0.641. The van der Waals surface area contributed by atoms with Crippen LogP contribution >= 0.6 is 24.0 Å². The summed E-state index contributed by atoms with van der Waals surface area (Å²) in [6, 6.07) is 7.44. The Morgan fingerprint density at radius 3 is 2.66 bits per heavy atom. The fraction of sp³-hybridized carbons (Fsp3) is 0.481. The minimum absolute atomic E-state index is 0. The number of aliphatic hydroxyl groups is 1. The lowest BCUT2D eigenvalue weighted by atomic mass is 9.54. The minimum atomic E-state index is -0.521. The van der Waals surface area contributed by atoms with E-state index in [0.29, 0.717) is 41.0 Å². The molecule has 7 rings (SSSR count). The molecule has 3 aromatic rings. The molecular formula is C27H31Cl2N5O4. The number of ether oxygens (including phenoxy) is 2. The molecule has 1 atom stereocenters. The third-order valence-electron chi connectivity index (χ3n) is 8.53. The van der Waals surface area contributed by atoms with Gasteiger partial charge in [-0.15, -0.1) is 12.4 Å². The number of rotatable bonds is 7. The van der Waals surface area contributed by atoms with Crippen molar-refractivity contribution in [2.75, 3.05) is 19.0 Å². The fourth-order valence-corrected chi connectivity index (χ4v) is 6.37. The van der Waals surface area contributed by atoms with Gasteiger partial charge in [-0.25, -0.2) is 9.97 Å². The molecule has 0 aromatic carbocycles. The first-order valence-electron chi connectivity index (χ1n) is 12.7. The molecule has 0 radical (unpaired) electrons. The van der Waals surface area contributed by atoms with Crippen molar-refractivity contribution in [2.45, 2.75) is 63.1 Å². The third kappa shape index (κ3) is 4.88. The maximum atomic E-state index is 11.6. The van der Waals surface area contributed by atoms with Crippen LogP contribution in [0.5, 0.6) is 11.6 Å². The highest BCUT2D eigenvalue weighted by molar-refractivity contribution is 6.32. The topological polar surface area (TPSA) is 118 Å². The van der Waals surface area contributed by atoms with Crippen molar-refractivity contribution in [1.29, 1.82) is 0 Å². The average Bonchev–Trinajstić information content (AvgIpc) is 2.94. The molecule has 3 saturated carbocycles. The van der Waals surface area contributed by atoms with E-state index < -0.39 is 6.10 Å². The molecule has 3 aliphatic carbocycles. The number of nitrogens with zero attached hydrogens (tertiary/aromatic N) is 3. The zero-order chi connectivity index (χ0) is 25.6. The molecule has 0 spiro atoms. The van der Waals surface area contributed by atoms with E-state index in [1.807, 2.05) is 18.2 Å². The number of aliphatic hydroxyl groups excluding tert-OH is 1. The van der Waals surface area contributed by atoms with Crippen molar-refractivity contribution in [3.8, 4) is 11.6 Å². The standard InChI is InChI=1S/C27H30ClN5O4.ClH/c1-36-23-5-3-19-24(33-23)17(18(28)14-29-19)12-21(34)26-6-9-27(10-7-26,11-8-26)30-13-16-2-4-20-25(31-16)32-22(35)15-37-20;/h2-5,14,21,30,34H,6-13,15H2,1H3,(H,31,32,35);1H. The predicted molar refractivity (Wildman–Crippen MR) is 146 cm³/mol. The monoisotopic (exact) mass is 559 g/mol. The highest BCUT2D eigenvalue weighted by atomic mass is 35.5. The number of amides is 1. The lowest BCUT2D eigenvalue weighted by molar-refractivity contribution is -0.118. The SMILES string of the molecule is COc1ccc2ncc(Cl)c(CC(O)C34CCC(NCc5ccc6c(n5)NC(=O)CO6)(CC3)CC4)c2n1.Cl. The summed E-state index contributed by atoms with van der Waals surface area (Å²) < 4.78 is 10.7. The van der Waals surface area contributed by atoms with Crippen LogP contribution in [0.25, 0.3) is 11.0 Å². The number of anilines is 1. The van der Waals surface area contributed by atoms with Crippen molar-refractivity contribution in [3.63, 3.8) is 0 Å². The number of hydrogen-bond donors (Lipinski definition) is 3. The fourth-order valence-electron chi connectivity index (χ4n) is 6.16. The lowest BCUT2D eigenvalue weighted by Gasteiger charge is -2.55. The zero-order valence-corrected chi connectivity index (χ0v) is 22.7. The van der Waals surface area contributed by atoms with E-state index in [9.17, 15) is 9.90 Å². The predicted octanol–water partition coefficient (Wildman–Crippen LogP) is 4.23. The van der Waals surface area contributed by atoms with Crippen LogP contribution in [0.2, 0.25) is 5.02 Å². The third-order valence-corrected chi connectivity index (χ3v) is 8.86. The van der Waals surface area contributed by atoms with Gasteiger partial charge in [0.05, 0.1) is 35.0 Å². The number of halogens is 2. The lowest BCUT2D eigenvalue weighted by Crippen LogP contribution is -2.57. The van der Waals surface area contributed by atoms with Gasteiger partial charge in [-0.2, -0.15) is 0 Å². The van der Waals surface area contributed by atoms with E-state index in [-0.39, 0.29) is 35.9 Å². The van der Waals surface area contributed by atoms with E-state index >= 15 is 0 Å². The molecule has 202 valence electrons. The van der Waals surface area contributed by atoms with Crippen molar-refractivity contribution < 1.29 is 19.4 Å². The Kier molecular flexibility index (Phi) is 7.39. The van der Waals surface area contributed by atoms with Crippen LogP contribution in [0.1, 0.15) is 49.8 Å². The van der Waals surface area contributed by atoms with Crippen molar-refractivity contribution in [3.05, 3.63) is 46.7 Å². The molecule has 3 fully saturated rings. The number of fused-ring (bicyclic) bond motifs is 5. The highest BCUT2D eigenvalue weighted by Crippen LogP contribution is 2.55. The van der Waals surface area contributed by atoms with Crippen molar-refractivity contribution in [1.82, 2.24) is 20.3 Å². The normalized spacial score (nSPS) is 24.7. The highest BCUT2D eigenvalue weighted by Gasteiger charge is 2.51. The molecule has 4 heterocycles. The van der Waals surface area contributed by atoms with Gasteiger partial charge in [0.2, 0.25) is 5.88 Å². The molecule has 3 aromatic heterocycles. The summed E-state index contributed by atoms with van der Waals surface area (Å²) >= 11 is 6.55. The van der Waals surface area contributed by atoms with Crippen molar-refractivity contribution >= 4 is 46.8 Å². The molecule has 2 bridgehead atoms. The van der Waals surface area contributed by atoms with Gasteiger partial charge >= 0.3 is 0 Å². The van der Waals surface area contributed by atoms with E-state index in [1.54, 1.807) is 19.4 Å². The first-order valence-corrected chi connectivity index (χ1v) is 13.1. The Balaban J connectivity index is 0.00000294. The molecule has 1 amide bonds. The van der Waals surface area contributed by atoms with Gasteiger partial charge in [-0.3, -0.25) is 9.78 Å². The molecule has 11 heteroatoms. The zero-order valence-electron chi connectivity index (χ0n) is 21.1. The van der Waals surface area contributed by atoms with Crippen molar-refractivity contribution in [2.24, 2.45) is 5.41 Å². The Morgan fingerprint density at radius 1 is 1.16 bits per heavy atom. The molecule has 9 nitrogen and oxygen atoms in total. The first-order chi connectivity index (χ1) is 17.9. The number of methoxy groups -OCH3 is 1. The Morgan fingerprint density at radius 2 is 1.92 bits per heavy atom. The van der Waals surface area contributed by atoms with Crippen LogP contribution in [-0.4, -0.2) is 51.3 Å². The molecule has 0 saturated heterocycles. The molecule has 38 heavy (non-hydrogen) atoms. The molecule has 1 unspecified atom stereocenters. The number of nitrogens with one attached hydrogen (secondary N) is 2. The van der Waals surface area contributed by atoms with Gasteiger partial charge in [-0.05, 0) is 62.1 Å². The first kappa shape index (κ1) is 26.9.